The maximum Gasteiger partial charge on any atom is 0.285 e. The predicted molar refractivity (Wildman–Crippen MR) is 92.0 cm³/mol. The first-order chi connectivity index (χ1) is 10.5. The number of aryl methyl sites for hydroxylation is 1. The molecule has 0 aromatic heterocycles. The molecule has 1 aliphatic carbocycles. The molecule has 7 heteroatoms. The van der Waals surface area contributed by atoms with E-state index in [-0.39, 0.29) is 29.7 Å². The van der Waals surface area contributed by atoms with Gasteiger partial charge in [0.25, 0.3) is 11.6 Å². The molecule has 0 saturated heterocycles. The Bertz CT molecular complexity index is 560. The summed E-state index contributed by atoms with van der Waals surface area (Å²) in [4.78, 5) is 23.2. The summed E-state index contributed by atoms with van der Waals surface area (Å²) in [6, 6.07) is 4.67. The molecular weight excluding hydrogens is 318 g/mol. The molecule has 0 spiro atoms. The van der Waals surface area contributed by atoms with Crippen LogP contribution in [0, 0.1) is 23.0 Å². The summed E-state index contributed by atoms with van der Waals surface area (Å²) >= 11 is 0. The van der Waals surface area contributed by atoms with Crippen LogP contribution in [0.5, 0.6) is 0 Å². The predicted octanol–water partition coefficient (Wildman–Crippen LogP) is 2.96. The summed E-state index contributed by atoms with van der Waals surface area (Å²) in [5, 5.41) is 14.1. The average Bonchev–Trinajstić information content (AvgIpc) is 2.52. The lowest BCUT2D eigenvalue weighted by Gasteiger charge is -2.30. The van der Waals surface area contributed by atoms with Crippen molar-refractivity contribution in [2.45, 2.75) is 45.1 Å². The first-order valence-corrected chi connectivity index (χ1v) is 7.79. The Hall–Kier alpha value is -1.66. The fourth-order valence-electron chi connectivity index (χ4n) is 3.24. The second-order valence-electron chi connectivity index (χ2n) is 5.94. The van der Waals surface area contributed by atoms with E-state index in [1.165, 1.54) is 12.5 Å². The van der Waals surface area contributed by atoms with Crippen LogP contribution in [0.2, 0.25) is 0 Å². The Kier molecular flexibility index (Phi) is 7.45. The van der Waals surface area contributed by atoms with E-state index < -0.39 is 10.8 Å². The summed E-state index contributed by atoms with van der Waals surface area (Å²) in [5.74, 6) is -0.0389. The largest absolute Gasteiger partial charge is 0.348 e. The minimum atomic E-state index is -0.498. The van der Waals surface area contributed by atoms with E-state index in [9.17, 15) is 14.9 Å². The van der Waals surface area contributed by atoms with Gasteiger partial charge in [-0.25, -0.2) is 0 Å². The topological polar surface area (TPSA) is 98.3 Å². The molecular formula is C16H24ClN3O3. The molecule has 3 N–H and O–H groups in total. The highest BCUT2D eigenvalue weighted by molar-refractivity contribution is 5.98. The van der Waals surface area contributed by atoms with Gasteiger partial charge in [0.2, 0.25) is 0 Å². The van der Waals surface area contributed by atoms with Gasteiger partial charge in [-0.1, -0.05) is 31.4 Å². The van der Waals surface area contributed by atoms with E-state index in [0.29, 0.717) is 18.0 Å². The zero-order valence-corrected chi connectivity index (χ0v) is 14.1. The third kappa shape index (κ3) is 4.65. The van der Waals surface area contributed by atoms with Gasteiger partial charge in [0.1, 0.15) is 5.56 Å². The number of nitrogens with two attached hydrogens (primary N) is 1. The van der Waals surface area contributed by atoms with Gasteiger partial charge in [0.15, 0.2) is 0 Å². The lowest BCUT2D eigenvalue weighted by atomic mass is 9.84. The third-order valence-electron chi connectivity index (χ3n) is 4.45. The van der Waals surface area contributed by atoms with Crippen molar-refractivity contribution in [3.63, 3.8) is 0 Å². The van der Waals surface area contributed by atoms with Gasteiger partial charge in [-0.2, -0.15) is 0 Å². The summed E-state index contributed by atoms with van der Waals surface area (Å²) in [7, 11) is 0. The lowest BCUT2D eigenvalue weighted by Crippen LogP contribution is -2.46. The molecule has 1 aromatic carbocycles. The van der Waals surface area contributed by atoms with Crippen molar-refractivity contribution in [1.29, 1.82) is 0 Å². The number of carbonyl (C=O) groups is 1. The zero-order chi connectivity index (χ0) is 16.1. The highest BCUT2D eigenvalue weighted by Crippen LogP contribution is 2.27. The first kappa shape index (κ1) is 19.4. The van der Waals surface area contributed by atoms with Crippen LogP contribution in [-0.4, -0.2) is 23.4 Å². The number of nitro groups is 1. The molecule has 2 rings (SSSR count). The molecule has 128 valence electrons. The van der Waals surface area contributed by atoms with Crippen molar-refractivity contribution < 1.29 is 9.72 Å². The molecule has 0 bridgehead atoms. The molecule has 0 aliphatic heterocycles. The smallest absolute Gasteiger partial charge is 0.285 e. The van der Waals surface area contributed by atoms with Crippen LogP contribution < -0.4 is 11.1 Å². The standard InChI is InChI=1S/C16H23N3O3.ClH/c1-11-6-5-9-13(15(11)19(21)22)16(20)18-14(10-17)12-7-3-2-4-8-12;/h5-6,9,12,14H,2-4,7-8,10,17H2,1H3,(H,18,20);1H. The molecule has 1 aromatic rings. The van der Waals surface area contributed by atoms with Crippen molar-refractivity contribution in [2.75, 3.05) is 6.54 Å². The number of benzene rings is 1. The van der Waals surface area contributed by atoms with Gasteiger partial charge < -0.3 is 11.1 Å². The van der Waals surface area contributed by atoms with E-state index in [1.807, 2.05) is 0 Å². The number of rotatable bonds is 5. The third-order valence-corrected chi connectivity index (χ3v) is 4.45. The second-order valence-corrected chi connectivity index (χ2v) is 5.94. The number of halogens is 1. The highest BCUT2D eigenvalue weighted by Gasteiger charge is 2.27. The van der Waals surface area contributed by atoms with Crippen molar-refractivity contribution >= 4 is 24.0 Å². The number of para-hydroxylation sites is 1. The summed E-state index contributed by atoms with van der Waals surface area (Å²) < 4.78 is 0. The number of carbonyl (C=O) groups excluding carboxylic acids is 1. The van der Waals surface area contributed by atoms with Crippen LogP contribution in [0.3, 0.4) is 0 Å². The van der Waals surface area contributed by atoms with Crippen LogP contribution in [0.15, 0.2) is 18.2 Å². The normalized spacial score (nSPS) is 16.3. The first-order valence-electron chi connectivity index (χ1n) is 7.79. The molecule has 1 amide bonds. The van der Waals surface area contributed by atoms with Crippen molar-refractivity contribution in [3.05, 3.63) is 39.4 Å². The number of hydrogen-bond acceptors (Lipinski definition) is 4. The number of hydrogen-bond donors (Lipinski definition) is 2. The highest BCUT2D eigenvalue weighted by atomic mass is 35.5. The lowest BCUT2D eigenvalue weighted by molar-refractivity contribution is -0.385. The average molecular weight is 342 g/mol. The number of amides is 1. The summed E-state index contributed by atoms with van der Waals surface area (Å²) in [6.07, 6.45) is 5.64. The van der Waals surface area contributed by atoms with Crippen LogP contribution in [0.1, 0.15) is 48.0 Å². The van der Waals surface area contributed by atoms with E-state index in [4.69, 9.17) is 5.73 Å². The molecule has 23 heavy (non-hydrogen) atoms. The van der Waals surface area contributed by atoms with Crippen LogP contribution in [0.4, 0.5) is 5.69 Å². The zero-order valence-electron chi connectivity index (χ0n) is 13.3. The van der Waals surface area contributed by atoms with Gasteiger partial charge >= 0.3 is 0 Å². The molecule has 1 aliphatic rings. The Morgan fingerprint density at radius 3 is 2.61 bits per heavy atom. The molecule has 0 heterocycles. The molecule has 1 saturated carbocycles. The minimum Gasteiger partial charge on any atom is -0.348 e. The van der Waals surface area contributed by atoms with E-state index in [1.54, 1.807) is 19.1 Å². The van der Waals surface area contributed by atoms with Crippen molar-refractivity contribution in [3.8, 4) is 0 Å². The molecule has 1 atom stereocenters. The van der Waals surface area contributed by atoms with E-state index in [2.05, 4.69) is 5.32 Å². The number of nitrogens with zero attached hydrogens (tertiary/aromatic N) is 1. The summed E-state index contributed by atoms with van der Waals surface area (Å²) in [5.41, 5.74) is 6.28. The Balaban J connectivity index is 0.00000264. The fraction of sp³-hybridized carbons (Fsp3) is 0.562. The minimum absolute atomic E-state index is 0. The molecule has 1 unspecified atom stereocenters. The van der Waals surface area contributed by atoms with Crippen molar-refractivity contribution in [2.24, 2.45) is 11.7 Å². The van der Waals surface area contributed by atoms with Gasteiger partial charge in [0.05, 0.1) is 4.92 Å². The number of nitro benzene ring substituents is 1. The maximum atomic E-state index is 12.5. The van der Waals surface area contributed by atoms with Gasteiger partial charge in [-0.05, 0) is 31.7 Å². The SMILES string of the molecule is Cc1cccc(C(=O)NC(CN)C2CCCCC2)c1[N+](=O)[O-].Cl. The molecule has 6 nitrogen and oxygen atoms in total. The Morgan fingerprint density at radius 1 is 1.39 bits per heavy atom. The monoisotopic (exact) mass is 341 g/mol. The van der Waals surface area contributed by atoms with Crippen molar-refractivity contribution in [1.82, 2.24) is 5.32 Å². The summed E-state index contributed by atoms with van der Waals surface area (Å²) in [6.45, 7) is 1.99. The van der Waals surface area contributed by atoms with Gasteiger partial charge in [-0.15, -0.1) is 12.4 Å². The molecule has 0 radical (unpaired) electrons. The van der Waals surface area contributed by atoms with Gasteiger partial charge in [-0.3, -0.25) is 14.9 Å². The van der Waals surface area contributed by atoms with Crippen LogP contribution in [-0.2, 0) is 0 Å². The van der Waals surface area contributed by atoms with Gasteiger partial charge in [0, 0.05) is 18.2 Å². The quantitative estimate of drug-likeness (QED) is 0.635. The maximum absolute atomic E-state index is 12.5. The van der Waals surface area contributed by atoms with E-state index in [0.717, 1.165) is 25.7 Å². The van der Waals surface area contributed by atoms with Crippen LogP contribution >= 0.6 is 12.4 Å². The second kappa shape index (κ2) is 8.84. The Morgan fingerprint density at radius 2 is 2.04 bits per heavy atom. The van der Waals surface area contributed by atoms with Crippen LogP contribution in [0.25, 0.3) is 0 Å². The number of nitrogens with one attached hydrogen (secondary N) is 1. The fourth-order valence-corrected chi connectivity index (χ4v) is 3.24. The molecule has 1 fully saturated rings. The Labute approximate surface area is 142 Å². The van der Waals surface area contributed by atoms with E-state index >= 15 is 0 Å².